The summed E-state index contributed by atoms with van der Waals surface area (Å²) in [5.41, 5.74) is 29.8. The molecule has 6 aromatic carbocycles. The predicted molar refractivity (Wildman–Crippen MR) is 474 cm³/mol. The molecular weight excluding hydrogens is 1630 g/mol. The van der Waals surface area contributed by atoms with Crippen molar-refractivity contribution in [3.63, 3.8) is 0 Å². The molecule has 17 aromatic rings. The molecule has 0 radical (unpaired) electrons. The Kier molecular flexibility index (Phi) is 24.4. The highest BCUT2D eigenvalue weighted by Gasteiger charge is 2.31. The molecule has 0 fully saturated rings. The van der Waals surface area contributed by atoms with Crippen LogP contribution in [0, 0.1) is 55.7 Å². The van der Waals surface area contributed by atoms with Gasteiger partial charge < -0.3 is 36.5 Å². The SMILES string of the molecule is CC(C)Oc1ccc(C2=CCc3ncnc(N)c32)cc1F.Cc1ccc2nc(C(C)O)c(-c3cccc(F)c3)c(=O)n2c1.Cc1ccc2nc([C@@H](C)n3nc(-c4ccc(OC(C)C)c(F)c4)c4c(N)ncnc43)c(-c3cccc(F)c3)c(=O)n2c1.Cc1ccc2nc([C@H](C)n3nc(-c4ccc(OC(C)C)c(F)c4)c4c(N)ncnc43)c(-c3cccc(F)c3)c(=O)n2c1. The first-order valence-corrected chi connectivity index (χ1v) is 40.5. The maximum Gasteiger partial charge on any atom is 0.266 e. The molecule has 0 amide bonds. The number of pyridine rings is 3. The van der Waals surface area contributed by atoms with Gasteiger partial charge in [0, 0.05) is 41.7 Å². The molecule has 644 valence electrons. The van der Waals surface area contributed by atoms with Crippen LogP contribution < -0.4 is 48.1 Å². The van der Waals surface area contributed by atoms with Gasteiger partial charge in [0.05, 0.1) is 86.7 Å². The van der Waals surface area contributed by atoms with E-state index in [0.29, 0.717) is 102 Å². The molecule has 32 heteroatoms. The van der Waals surface area contributed by atoms with Gasteiger partial charge in [-0.05, 0) is 231 Å². The number of hydrogen-bond acceptors (Lipinski definition) is 21. The maximum atomic E-state index is 15.0. The van der Waals surface area contributed by atoms with Crippen molar-refractivity contribution in [3.05, 3.63) is 324 Å². The summed E-state index contributed by atoms with van der Waals surface area (Å²) < 4.78 is 110. The van der Waals surface area contributed by atoms with E-state index in [2.05, 4.69) is 34.9 Å². The lowest BCUT2D eigenvalue weighted by Gasteiger charge is -2.18. The highest BCUT2D eigenvalue weighted by molar-refractivity contribution is 6.00. The zero-order chi connectivity index (χ0) is 90.2. The van der Waals surface area contributed by atoms with Gasteiger partial charge in [0.25, 0.3) is 16.7 Å². The van der Waals surface area contributed by atoms with Crippen LogP contribution in [-0.2, 0) is 6.42 Å². The van der Waals surface area contributed by atoms with Crippen molar-refractivity contribution in [2.45, 2.75) is 126 Å². The van der Waals surface area contributed by atoms with Crippen LogP contribution in [-0.4, -0.2) is 101 Å². The van der Waals surface area contributed by atoms with E-state index < -0.39 is 47.3 Å². The number of aliphatic hydroxyl groups excluding tert-OH is 1. The van der Waals surface area contributed by atoms with Gasteiger partial charge in [-0.2, -0.15) is 10.2 Å². The lowest BCUT2D eigenvalue weighted by Crippen LogP contribution is -2.23. The fraction of sp³-hybridized carbons (Fsp3) is 0.200. The highest BCUT2D eigenvalue weighted by atomic mass is 19.1. The van der Waals surface area contributed by atoms with E-state index in [0.717, 1.165) is 39.1 Å². The van der Waals surface area contributed by atoms with Gasteiger partial charge >= 0.3 is 0 Å². The molecule has 18 rings (SSSR count). The van der Waals surface area contributed by atoms with E-state index in [9.17, 15) is 37.1 Å². The number of aryl methyl sites for hydroxylation is 3. The first-order valence-electron chi connectivity index (χ1n) is 40.5. The summed E-state index contributed by atoms with van der Waals surface area (Å²) in [4.78, 5) is 80.1. The number of ether oxygens (including phenoxy) is 3. The third-order valence-corrected chi connectivity index (χ3v) is 20.8. The second-order valence-corrected chi connectivity index (χ2v) is 31.2. The van der Waals surface area contributed by atoms with Gasteiger partial charge in [0.1, 0.15) is 82.2 Å². The Labute approximate surface area is 722 Å². The average Bonchev–Trinajstić information content (AvgIpc) is 1.60. The van der Waals surface area contributed by atoms with Crippen molar-refractivity contribution in [2.24, 2.45) is 0 Å². The van der Waals surface area contributed by atoms with Gasteiger partial charge in [0.15, 0.2) is 46.0 Å². The Morgan fingerprint density at radius 1 is 0.386 bits per heavy atom. The number of rotatable bonds is 17. The number of aliphatic hydroxyl groups is 1. The van der Waals surface area contributed by atoms with Crippen LogP contribution in [0.15, 0.2) is 222 Å². The number of benzene rings is 6. The smallest absolute Gasteiger partial charge is 0.266 e. The molecule has 11 heterocycles. The number of allylic oxidation sites excluding steroid dienone is 1. The number of fused-ring (bicyclic) bond motifs is 6. The zero-order valence-corrected chi connectivity index (χ0v) is 70.9. The molecule has 0 spiro atoms. The largest absolute Gasteiger partial charge is 0.488 e. The number of halogens is 6. The van der Waals surface area contributed by atoms with E-state index in [4.69, 9.17) is 51.6 Å². The van der Waals surface area contributed by atoms with Gasteiger partial charge in [-0.25, -0.2) is 80.6 Å². The van der Waals surface area contributed by atoms with E-state index in [1.807, 2.05) is 107 Å². The van der Waals surface area contributed by atoms with Gasteiger partial charge in [-0.3, -0.25) is 27.6 Å². The summed E-state index contributed by atoms with van der Waals surface area (Å²) in [6.07, 6.45) is 10.4. The molecule has 127 heavy (non-hydrogen) atoms. The van der Waals surface area contributed by atoms with Crippen molar-refractivity contribution in [1.82, 2.24) is 77.6 Å². The summed E-state index contributed by atoms with van der Waals surface area (Å²) in [6, 6.07) is 40.8. The molecule has 3 atom stereocenters. The third kappa shape index (κ3) is 17.7. The van der Waals surface area contributed by atoms with Crippen LogP contribution in [0.2, 0.25) is 0 Å². The number of nitrogens with zero attached hydrogens (tertiary/aromatic N) is 16. The topological polar surface area (TPSA) is 342 Å². The van der Waals surface area contributed by atoms with Crippen LogP contribution in [0.1, 0.15) is 131 Å². The van der Waals surface area contributed by atoms with Crippen LogP contribution in [0.25, 0.3) is 100 Å². The molecular formula is C95H85F6N19O7. The maximum absolute atomic E-state index is 15.0. The third-order valence-electron chi connectivity index (χ3n) is 20.8. The molecule has 0 bridgehead atoms. The average molecular weight is 1720 g/mol. The van der Waals surface area contributed by atoms with Crippen LogP contribution in [0.5, 0.6) is 17.2 Å². The van der Waals surface area contributed by atoms with Crippen molar-refractivity contribution in [1.29, 1.82) is 0 Å². The molecule has 1 aliphatic carbocycles. The Morgan fingerprint density at radius 2 is 0.732 bits per heavy atom. The molecule has 0 saturated heterocycles. The molecule has 0 saturated carbocycles. The van der Waals surface area contributed by atoms with Crippen LogP contribution >= 0.6 is 0 Å². The number of nitrogen functional groups attached to an aromatic ring is 3. The fourth-order valence-corrected chi connectivity index (χ4v) is 15.1. The van der Waals surface area contributed by atoms with Crippen molar-refractivity contribution < 1.29 is 45.7 Å². The van der Waals surface area contributed by atoms with Crippen LogP contribution in [0.4, 0.5) is 43.8 Å². The lowest BCUT2D eigenvalue weighted by atomic mass is 10.0. The zero-order valence-electron chi connectivity index (χ0n) is 70.9. The van der Waals surface area contributed by atoms with Gasteiger partial charge in [-0.15, -0.1) is 0 Å². The van der Waals surface area contributed by atoms with Crippen molar-refractivity contribution in [3.8, 4) is 73.1 Å². The highest BCUT2D eigenvalue weighted by Crippen LogP contribution is 2.41. The van der Waals surface area contributed by atoms with E-state index in [1.54, 1.807) is 94.7 Å². The first-order chi connectivity index (χ1) is 60.8. The fourth-order valence-electron chi connectivity index (χ4n) is 15.1. The second kappa shape index (κ2) is 35.9. The number of hydrogen-bond donors (Lipinski definition) is 4. The molecule has 1 aliphatic rings. The Hall–Kier alpha value is -15.3. The Balaban J connectivity index is 0.000000137. The minimum absolute atomic E-state index is 0.0687. The summed E-state index contributed by atoms with van der Waals surface area (Å²) in [5, 5.41) is 20.4. The standard InChI is InChI=1S/2C31H27F2N7O2.C17H15FN2O2.C16H16FN3O/c2*1-16(2)42-23-10-9-20(13-22(23)33)28-26-29(34)35-15-36-30(26)40(38-28)18(4)27-25(19-6-5-7-21(32)12-19)31(41)39-14-17(3)8-11-24(39)37-27;1-10-6-7-14-19-16(11(2)21)15(17(22)20(14)9-10)12-4-3-5-13(18)8-12;1-9(2)21-14-6-3-10(7-12(14)17)11-4-5-13-15(11)16(18)20-8-19-13/h2*5-16,18H,1-4H3,(H2,34,35,36);3-9,11,21H,1-2H3;3-4,6-9H,5H2,1-2H3,(H2,18,19,20)/t2*18-;;/m10../s1. The molecule has 26 nitrogen and oxygen atoms in total. The predicted octanol–water partition coefficient (Wildman–Crippen LogP) is 17.3. The number of anilines is 3. The summed E-state index contributed by atoms with van der Waals surface area (Å²) in [6.45, 7) is 21.7. The quantitative estimate of drug-likeness (QED) is 0.0615. The summed E-state index contributed by atoms with van der Waals surface area (Å²) in [5.74, 6) is -1.69. The van der Waals surface area contributed by atoms with E-state index >= 15 is 8.78 Å². The van der Waals surface area contributed by atoms with Crippen molar-refractivity contribution >= 4 is 62.0 Å². The van der Waals surface area contributed by atoms with E-state index in [1.165, 1.54) is 112 Å². The normalized spacial score (nSPS) is 12.5. The molecule has 0 aliphatic heterocycles. The Bertz CT molecular complexity index is 7100. The molecule has 1 unspecified atom stereocenters. The minimum Gasteiger partial charge on any atom is -0.488 e. The monoisotopic (exact) mass is 1720 g/mol. The minimum atomic E-state index is -0.933. The summed E-state index contributed by atoms with van der Waals surface area (Å²) >= 11 is 0. The summed E-state index contributed by atoms with van der Waals surface area (Å²) in [7, 11) is 0. The van der Waals surface area contributed by atoms with Gasteiger partial charge in [-0.1, -0.05) is 66.7 Å². The number of aromatic nitrogens is 16. The van der Waals surface area contributed by atoms with E-state index in [-0.39, 0.29) is 92.1 Å². The van der Waals surface area contributed by atoms with Gasteiger partial charge in [0.2, 0.25) is 0 Å². The number of nitrogens with two attached hydrogens (primary N) is 3. The first kappa shape index (κ1) is 86.6. The Morgan fingerprint density at radius 3 is 1.09 bits per heavy atom. The molecule has 7 N–H and O–H groups in total. The lowest BCUT2D eigenvalue weighted by molar-refractivity contribution is 0.195. The van der Waals surface area contributed by atoms with Crippen LogP contribution in [0.3, 0.4) is 0 Å². The molecule has 11 aromatic heterocycles. The van der Waals surface area contributed by atoms with Crippen molar-refractivity contribution in [2.75, 3.05) is 17.2 Å². The second-order valence-electron chi connectivity index (χ2n) is 31.2.